The van der Waals surface area contributed by atoms with Crippen LogP contribution >= 0.6 is 11.3 Å². The van der Waals surface area contributed by atoms with Gasteiger partial charge in [-0.05, 0) is 36.4 Å². The van der Waals surface area contributed by atoms with Gasteiger partial charge in [0, 0.05) is 23.5 Å². The van der Waals surface area contributed by atoms with Gasteiger partial charge in [-0.3, -0.25) is 14.5 Å². The molecule has 2 amide bonds. The van der Waals surface area contributed by atoms with Gasteiger partial charge in [0.05, 0.1) is 13.2 Å². The van der Waals surface area contributed by atoms with Crippen molar-refractivity contribution >= 4 is 39.2 Å². The molecule has 8 heteroatoms. The monoisotopic (exact) mass is 366 g/mol. The van der Waals surface area contributed by atoms with Crippen LogP contribution in [0.2, 0.25) is 0 Å². The second kappa shape index (κ2) is 6.66. The smallest absolute Gasteiger partial charge is 0.277 e. The van der Waals surface area contributed by atoms with Crippen LogP contribution in [-0.2, 0) is 9.59 Å². The van der Waals surface area contributed by atoms with Crippen molar-refractivity contribution in [2.45, 2.75) is 0 Å². The fourth-order valence-corrected chi connectivity index (χ4v) is 3.57. The summed E-state index contributed by atoms with van der Waals surface area (Å²) in [5.74, 6) is -0.865. The Morgan fingerprint density at radius 1 is 1.15 bits per heavy atom. The summed E-state index contributed by atoms with van der Waals surface area (Å²) < 4.78 is 0. The maximum atomic E-state index is 12.1. The minimum atomic E-state index is -0.439. The van der Waals surface area contributed by atoms with Crippen molar-refractivity contribution in [3.63, 3.8) is 0 Å². The van der Waals surface area contributed by atoms with Crippen LogP contribution < -0.4 is 5.32 Å². The number of carbonyl (C=O) groups is 2. The summed E-state index contributed by atoms with van der Waals surface area (Å²) in [4.78, 5) is 34.7. The van der Waals surface area contributed by atoms with Gasteiger partial charge in [-0.1, -0.05) is 11.3 Å². The van der Waals surface area contributed by atoms with Crippen molar-refractivity contribution in [2.24, 2.45) is 0 Å². The number of amides is 2. The van der Waals surface area contributed by atoms with E-state index in [4.69, 9.17) is 5.11 Å². The molecule has 0 saturated heterocycles. The first kappa shape index (κ1) is 16.4. The Bertz CT molecular complexity index is 993. The number of β-amino-alcohol motifs (C(OH)–C–C–N with tert-alkyl or cyclic N) is 1. The van der Waals surface area contributed by atoms with Crippen molar-refractivity contribution in [2.75, 3.05) is 18.5 Å². The van der Waals surface area contributed by atoms with Gasteiger partial charge in [-0.25, -0.2) is 9.97 Å². The number of pyridine rings is 1. The number of hydrogen-bond acceptors (Lipinski definition) is 7. The third-order valence-electron chi connectivity index (χ3n) is 3.91. The predicted octanol–water partition coefficient (Wildman–Crippen LogP) is 2.02. The Hall–Kier alpha value is -3.10. The highest BCUT2D eigenvalue weighted by molar-refractivity contribution is 7.21. The van der Waals surface area contributed by atoms with Crippen LogP contribution in [0, 0.1) is 0 Å². The molecule has 1 aliphatic heterocycles. The number of hydrogen-bond donors (Lipinski definition) is 2. The molecular formula is C18H14N4O3S. The number of benzene rings is 1. The molecule has 0 saturated carbocycles. The number of nitrogens with zero attached hydrogens (tertiary/aromatic N) is 3. The minimum Gasteiger partial charge on any atom is -0.395 e. The molecule has 1 aromatic carbocycles. The lowest BCUT2D eigenvalue weighted by Crippen LogP contribution is -2.34. The lowest BCUT2D eigenvalue weighted by Gasteiger charge is -2.13. The van der Waals surface area contributed by atoms with E-state index < -0.39 is 11.8 Å². The molecule has 0 atom stereocenters. The van der Waals surface area contributed by atoms with Gasteiger partial charge < -0.3 is 10.4 Å². The Balaban J connectivity index is 1.52. The number of anilines is 1. The topological polar surface area (TPSA) is 95.4 Å². The molecule has 130 valence electrons. The largest absolute Gasteiger partial charge is 0.395 e. The van der Waals surface area contributed by atoms with Crippen molar-refractivity contribution in [3.05, 3.63) is 54.4 Å². The standard InChI is InChI=1S/C18H14N4O3S/c23-9-8-22-15(24)10-14(18(22)25)20-12-5-3-11(4-6-12)16-21-13-2-1-7-19-17(13)26-16/h1-7,10,20,23H,8-9H2. The molecule has 7 nitrogen and oxygen atoms in total. The fraction of sp³-hybridized carbons (Fsp3) is 0.111. The fourth-order valence-electron chi connectivity index (χ4n) is 2.65. The lowest BCUT2D eigenvalue weighted by atomic mass is 10.2. The van der Waals surface area contributed by atoms with E-state index >= 15 is 0 Å². The minimum absolute atomic E-state index is 0.00999. The summed E-state index contributed by atoms with van der Waals surface area (Å²) in [6.07, 6.45) is 2.98. The predicted molar refractivity (Wildman–Crippen MR) is 98.4 cm³/mol. The van der Waals surface area contributed by atoms with Crippen LogP contribution in [0.15, 0.2) is 54.4 Å². The van der Waals surface area contributed by atoms with Crippen LogP contribution in [-0.4, -0.2) is 44.9 Å². The number of aliphatic hydroxyl groups excluding tert-OH is 1. The number of fused-ring (bicyclic) bond motifs is 1. The Labute approximate surface area is 152 Å². The van der Waals surface area contributed by atoms with Gasteiger partial charge in [0.25, 0.3) is 11.8 Å². The van der Waals surface area contributed by atoms with Gasteiger partial charge in [0.15, 0.2) is 0 Å². The highest BCUT2D eigenvalue weighted by atomic mass is 32.1. The average Bonchev–Trinajstić information content (AvgIpc) is 3.19. The van der Waals surface area contributed by atoms with E-state index in [1.807, 2.05) is 36.4 Å². The molecule has 0 spiro atoms. The summed E-state index contributed by atoms with van der Waals surface area (Å²) in [5, 5.41) is 12.7. The molecule has 1 aliphatic rings. The Morgan fingerprint density at radius 2 is 1.96 bits per heavy atom. The molecule has 3 heterocycles. The van der Waals surface area contributed by atoms with E-state index in [0.29, 0.717) is 5.69 Å². The number of rotatable bonds is 5. The second-order valence-electron chi connectivity index (χ2n) is 5.63. The number of imide groups is 1. The van der Waals surface area contributed by atoms with Crippen molar-refractivity contribution < 1.29 is 14.7 Å². The summed E-state index contributed by atoms with van der Waals surface area (Å²) in [7, 11) is 0. The van der Waals surface area contributed by atoms with E-state index in [2.05, 4.69) is 15.3 Å². The zero-order valence-corrected chi connectivity index (χ0v) is 14.4. The van der Waals surface area contributed by atoms with Crippen molar-refractivity contribution in [1.29, 1.82) is 0 Å². The third kappa shape index (κ3) is 2.96. The van der Waals surface area contributed by atoms with Crippen LogP contribution in [0.1, 0.15) is 0 Å². The first-order valence-corrected chi connectivity index (χ1v) is 8.75. The molecule has 0 aliphatic carbocycles. The lowest BCUT2D eigenvalue weighted by molar-refractivity contribution is -0.137. The number of aliphatic hydroxyl groups is 1. The van der Waals surface area contributed by atoms with E-state index in [1.165, 1.54) is 17.4 Å². The number of nitrogens with one attached hydrogen (secondary N) is 1. The van der Waals surface area contributed by atoms with Gasteiger partial charge >= 0.3 is 0 Å². The second-order valence-corrected chi connectivity index (χ2v) is 6.60. The molecule has 26 heavy (non-hydrogen) atoms. The van der Waals surface area contributed by atoms with Crippen molar-refractivity contribution in [3.8, 4) is 10.6 Å². The zero-order valence-electron chi connectivity index (χ0n) is 13.5. The van der Waals surface area contributed by atoms with Gasteiger partial charge in [0.2, 0.25) is 0 Å². The number of aromatic nitrogens is 2. The molecule has 0 fully saturated rings. The SMILES string of the molecule is O=C1C=C(Nc2ccc(-c3nc4cccnc4s3)cc2)C(=O)N1CCO. The normalized spacial score (nSPS) is 14.2. The van der Waals surface area contributed by atoms with E-state index in [1.54, 1.807) is 6.20 Å². The molecule has 0 radical (unpaired) electrons. The number of thiazole rings is 1. The summed E-state index contributed by atoms with van der Waals surface area (Å²) >= 11 is 1.51. The molecule has 0 unspecified atom stereocenters. The van der Waals surface area contributed by atoms with Gasteiger partial charge in [0.1, 0.15) is 21.1 Å². The van der Waals surface area contributed by atoms with Crippen LogP contribution in [0.5, 0.6) is 0 Å². The maximum Gasteiger partial charge on any atom is 0.277 e. The molecule has 4 rings (SSSR count). The molecule has 3 aromatic rings. The Morgan fingerprint density at radius 3 is 2.69 bits per heavy atom. The van der Waals surface area contributed by atoms with E-state index in [0.717, 1.165) is 25.8 Å². The quantitative estimate of drug-likeness (QED) is 0.671. The first-order chi connectivity index (χ1) is 12.7. The van der Waals surface area contributed by atoms with E-state index in [-0.39, 0.29) is 18.8 Å². The first-order valence-electron chi connectivity index (χ1n) is 7.93. The third-order valence-corrected chi connectivity index (χ3v) is 4.94. The highest BCUT2D eigenvalue weighted by Gasteiger charge is 2.30. The summed E-state index contributed by atoms with van der Waals surface area (Å²) in [5.41, 5.74) is 2.69. The van der Waals surface area contributed by atoms with Crippen LogP contribution in [0.25, 0.3) is 20.9 Å². The van der Waals surface area contributed by atoms with Crippen LogP contribution in [0.3, 0.4) is 0 Å². The molecule has 2 N–H and O–H groups in total. The average molecular weight is 366 g/mol. The molecular weight excluding hydrogens is 352 g/mol. The maximum absolute atomic E-state index is 12.1. The van der Waals surface area contributed by atoms with Gasteiger partial charge in [-0.15, -0.1) is 0 Å². The van der Waals surface area contributed by atoms with Crippen LogP contribution in [0.4, 0.5) is 5.69 Å². The zero-order chi connectivity index (χ0) is 18.1. The highest BCUT2D eigenvalue weighted by Crippen LogP contribution is 2.29. The summed E-state index contributed by atoms with van der Waals surface area (Å²) in [6, 6.07) is 11.2. The molecule has 0 bridgehead atoms. The number of carbonyl (C=O) groups excluding carboxylic acids is 2. The molecule has 2 aromatic heterocycles. The van der Waals surface area contributed by atoms with Gasteiger partial charge in [-0.2, -0.15) is 0 Å². The van der Waals surface area contributed by atoms with E-state index in [9.17, 15) is 9.59 Å². The Kier molecular flexibility index (Phi) is 4.19. The van der Waals surface area contributed by atoms with Crippen molar-refractivity contribution in [1.82, 2.24) is 14.9 Å². The summed E-state index contributed by atoms with van der Waals surface area (Å²) in [6.45, 7) is -0.270.